The van der Waals surface area contributed by atoms with E-state index in [1.165, 1.54) is 11.1 Å². The molecule has 0 fully saturated rings. The van der Waals surface area contributed by atoms with Gasteiger partial charge >= 0.3 is 0 Å². The maximum Gasteiger partial charge on any atom is 0.123 e. The molecule has 0 bridgehead atoms. The molecule has 0 radical (unpaired) electrons. The number of aryl methyl sites for hydroxylation is 1. The van der Waals surface area contributed by atoms with E-state index in [-0.39, 0.29) is 5.92 Å². The average Bonchev–Trinajstić information content (AvgIpc) is 2.17. The Bertz CT molecular complexity index is 261. The Kier molecular flexibility index (Phi) is 3.69. The van der Waals surface area contributed by atoms with Crippen molar-refractivity contribution in [1.82, 2.24) is 0 Å². The van der Waals surface area contributed by atoms with Gasteiger partial charge < -0.3 is 4.79 Å². The van der Waals surface area contributed by atoms with E-state index in [4.69, 9.17) is 0 Å². The molecule has 0 aliphatic carbocycles. The first-order chi connectivity index (χ1) is 6.26. The molecule has 0 N–H and O–H groups in total. The fourth-order valence-electron chi connectivity index (χ4n) is 1.32. The summed E-state index contributed by atoms with van der Waals surface area (Å²) in [6.45, 7) is 4.12. The third-order valence-corrected chi connectivity index (χ3v) is 2.34. The van der Waals surface area contributed by atoms with Crippen molar-refractivity contribution < 1.29 is 4.79 Å². The summed E-state index contributed by atoms with van der Waals surface area (Å²) in [6.07, 6.45) is 2.86. The van der Waals surface area contributed by atoms with Crippen LogP contribution in [0.15, 0.2) is 24.3 Å². The zero-order valence-electron chi connectivity index (χ0n) is 8.29. The van der Waals surface area contributed by atoms with E-state index in [9.17, 15) is 4.79 Å². The van der Waals surface area contributed by atoms with E-state index in [2.05, 4.69) is 31.2 Å². The Morgan fingerprint density at radius 1 is 1.31 bits per heavy atom. The number of carbonyl (C=O) groups excluding carboxylic acids is 1. The summed E-state index contributed by atoms with van der Waals surface area (Å²) >= 11 is 0. The number of rotatable bonds is 4. The van der Waals surface area contributed by atoms with E-state index in [1.807, 2.05) is 6.92 Å². The highest BCUT2D eigenvalue weighted by molar-refractivity contribution is 5.54. The van der Waals surface area contributed by atoms with Crippen molar-refractivity contribution in [1.29, 1.82) is 0 Å². The zero-order chi connectivity index (χ0) is 9.68. The number of aldehydes is 1. The maximum absolute atomic E-state index is 10.6. The first kappa shape index (κ1) is 9.97. The Morgan fingerprint density at radius 3 is 2.38 bits per heavy atom. The van der Waals surface area contributed by atoms with E-state index < -0.39 is 0 Å². The van der Waals surface area contributed by atoms with Gasteiger partial charge in [-0.15, -0.1) is 0 Å². The molecule has 1 rings (SSSR count). The van der Waals surface area contributed by atoms with Crippen molar-refractivity contribution in [3.05, 3.63) is 35.4 Å². The van der Waals surface area contributed by atoms with Crippen LogP contribution in [0.3, 0.4) is 0 Å². The second kappa shape index (κ2) is 4.80. The van der Waals surface area contributed by atoms with E-state index in [0.717, 1.165) is 19.1 Å². The van der Waals surface area contributed by atoms with Crippen molar-refractivity contribution in [3.63, 3.8) is 0 Å². The molecule has 0 aromatic heterocycles. The van der Waals surface area contributed by atoms with Gasteiger partial charge in [0.2, 0.25) is 0 Å². The number of hydrogen-bond acceptors (Lipinski definition) is 1. The third-order valence-electron chi connectivity index (χ3n) is 2.34. The van der Waals surface area contributed by atoms with Gasteiger partial charge in [0.1, 0.15) is 6.29 Å². The highest BCUT2D eigenvalue weighted by Gasteiger charge is 2.04. The number of carbonyl (C=O) groups is 1. The topological polar surface area (TPSA) is 17.1 Å². The smallest absolute Gasteiger partial charge is 0.123 e. The van der Waals surface area contributed by atoms with Crippen LogP contribution in [0, 0.1) is 12.8 Å². The minimum absolute atomic E-state index is 0.183. The lowest BCUT2D eigenvalue weighted by atomic mass is 9.98. The van der Waals surface area contributed by atoms with Gasteiger partial charge in [0.25, 0.3) is 0 Å². The van der Waals surface area contributed by atoms with Crippen molar-refractivity contribution in [2.75, 3.05) is 0 Å². The first-order valence-corrected chi connectivity index (χ1v) is 4.77. The molecule has 70 valence electrons. The Morgan fingerprint density at radius 2 is 1.92 bits per heavy atom. The average molecular weight is 176 g/mol. The van der Waals surface area contributed by atoms with Gasteiger partial charge in [-0.2, -0.15) is 0 Å². The summed E-state index contributed by atoms with van der Waals surface area (Å²) in [7, 11) is 0. The molecule has 1 heteroatoms. The molecule has 0 heterocycles. The van der Waals surface area contributed by atoms with E-state index in [0.29, 0.717) is 0 Å². The lowest BCUT2D eigenvalue weighted by Gasteiger charge is -2.06. The van der Waals surface area contributed by atoms with Crippen LogP contribution in [-0.4, -0.2) is 6.29 Å². The molecule has 0 spiro atoms. The molecule has 1 unspecified atom stereocenters. The van der Waals surface area contributed by atoms with Crippen LogP contribution >= 0.6 is 0 Å². The molecule has 1 aromatic rings. The maximum atomic E-state index is 10.6. The number of benzene rings is 1. The minimum atomic E-state index is 0.183. The molecule has 0 saturated heterocycles. The van der Waals surface area contributed by atoms with Crippen molar-refractivity contribution in [2.45, 2.75) is 26.7 Å². The Balaban J connectivity index is 2.63. The molecule has 0 aliphatic heterocycles. The lowest BCUT2D eigenvalue weighted by Crippen LogP contribution is -2.04. The highest BCUT2D eigenvalue weighted by Crippen LogP contribution is 2.10. The van der Waals surface area contributed by atoms with Crippen LogP contribution in [0.1, 0.15) is 24.5 Å². The normalized spacial score (nSPS) is 12.5. The van der Waals surface area contributed by atoms with Crippen molar-refractivity contribution >= 4 is 6.29 Å². The SMILES string of the molecule is CCC(C=O)Cc1ccc(C)cc1. The summed E-state index contributed by atoms with van der Waals surface area (Å²) < 4.78 is 0. The fourth-order valence-corrected chi connectivity index (χ4v) is 1.32. The molecule has 13 heavy (non-hydrogen) atoms. The summed E-state index contributed by atoms with van der Waals surface area (Å²) in [5, 5.41) is 0. The molecule has 1 atom stereocenters. The zero-order valence-corrected chi connectivity index (χ0v) is 8.29. The summed E-state index contributed by atoms with van der Waals surface area (Å²) in [4.78, 5) is 10.6. The second-order valence-corrected chi connectivity index (χ2v) is 3.49. The van der Waals surface area contributed by atoms with Gasteiger partial charge in [-0.25, -0.2) is 0 Å². The predicted octanol–water partition coefficient (Wildman–Crippen LogP) is 2.76. The van der Waals surface area contributed by atoms with Gasteiger partial charge in [-0.05, 0) is 25.3 Å². The first-order valence-electron chi connectivity index (χ1n) is 4.77. The molecule has 0 saturated carbocycles. The summed E-state index contributed by atoms with van der Waals surface area (Å²) in [5.74, 6) is 0.183. The minimum Gasteiger partial charge on any atom is -0.303 e. The van der Waals surface area contributed by atoms with E-state index in [1.54, 1.807) is 0 Å². The van der Waals surface area contributed by atoms with Gasteiger partial charge in [-0.3, -0.25) is 0 Å². The van der Waals surface area contributed by atoms with E-state index >= 15 is 0 Å². The molecular weight excluding hydrogens is 160 g/mol. The third kappa shape index (κ3) is 3.02. The molecule has 0 amide bonds. The monoisotopic (exact) mass is 176 g/mol. The molecular formula is C12H16O. The largest absolute Gasteiger partial charge is 0.303 e. The van der Waals surface area contributed by atoms with Crippen LogP contribution < -0.4 is 0 Å². The number of hydrogen-bond donors (Lipinski definition) is 0. The summed E-state index contributed by atoms with van der Waals surface area (Å²) in [6, 6.07) is 8.38. The molecule has 0 aliphatic rings. The van der Waals surface area contributed by atoms with Gasteiger partial charge in [-0.1, -0.05) is 36.8 Å². The van der Waals surface area contributed by atoms with Gasteiger partial charge in [0.15, 0.2) is 0 Å². The predicted molar refractivity (Wildman–Crippen MR) is 54.7 cm³/mol. The van der Waals surface area contributed by atoms with Crippen molar-refractivity contribution in [2.24, 2.45) is 5.92 Å². The van der Waals surface area contributed by atoms with Crippen LogP contribution in [-0.2, 0) is 11.2 Å². The van der Waals surface area contributed by atoms with Gasteiger partial charge in [0.05, 0.1) is 0 Å². The van der Waals surface area contributed by atoms with Crippen LogP contribution in [0.5, 0.6) is 0 Å². The summed E-state index contributed by atoms with van der Waals surface area (Å²) in [5.41, 5.74) is 2.52. The lowest BCUT2D eigenvalue weighted by molar-refractivity contribution is -0.111. The fraction of sp³-hybridized carbons (Fsp3) is 0.417. The quantitative estimate of drug-likeness (QED) is 0.645. The van der Waals surface area contributed by atoms with Crippen LogP contribution in [0.25, 0.3) is 0 Å². The van der Waals surface area contributed by atoms with Crippen LogP contribution in [0.2, 0.25) is 0 Å². The Labute approximate surface area is 79.8 Å². The highest BCUT2D eigenvalue weighted by atomic mass is 16.1. The second-order valence-electron chi connectivity index (χ2n) is 3.49. The standard InChI is InChI=1S/C12H16O/c1-3-11(9-13)8-12-6-4-10(2)5-7-12/h4-7,9,11H,3,8H2,1-2H3. The molecule has 1 aromatic carbocycles. The molecule has 1 nitrogen and oxygen atoms in total. The van der Waals surface area contributed by atoms with Crippen LogP contribution in [0.4, 0.5) is 0 Å². The Hall–Kier alpha value is -1.11. The van der Waals surface area contributed by atoms with Gasteiger partial charge in [0, 0.05) is 5.92 Å². The van der Waals surface area contributed by atoms with Crippen molar-refractivity contribution in [3.8, 4) is 0 Å².